The minimum atomic E-state index is -0.651. The van der Waals surface area contributed by atoms with Gasteiger partial charge in [-0.1, -0.05) is 41.9 Å². The maximum Gasteiger partial charge on any atom is 0.267 e. The minimum Gasteiger partial charge on any atom is -0.324 e. The number of anilines is 1. The Morgan fingerprint density at radius 2 is 1.77 bits per heavy atom. The molecule has 0 saturated heterocycles. The largest absolute Gasteiger partial charge is 0.324 e. The summed E-state index contributed by atoms with van der Waals surface area (Å²) < 4.78 is 1.28. The smallest absolute Gasteiger partial charge is 0.267 e. The summed E-state index contributed by atoms with van der Waals surface area (Å²) in [5, 5.41) is 7.99. The van der Waals surface area contributed by atoms with E-state index in [0.717, 1.165) is 16.8 Å². The van der Waals surface area contributed by atoms with Crippen LogP contribution < -0.4 is 10.9 Å². The molecule has 26 heavy (non-hydrogen) atoms. The first-order chi connectivity index (χ1) is 12.6. The van der Waals surface area contributed by atoms with E-state index < -0.39 is 6.04 Å². The Morgan fingerprint density at radius 3 is 2.58 bits per heavy atom. The summed E-state index contributed by atoms with van der Waals surface area (Å²) >= 11 is 5.93. The van der Waals surface area contributed by atoms with Crippen LogP contribution in [-0.2, 0) is 11.2 Å². The third-order valence-electron chi connectivity index (χ3n) is 4.53. The zero-order valence-corrected chi connectivity index (χ0v) is 14.6. The van der Waals surface area contributed by atoms with Crippen molar-refractivity contribution in [2.24, 2.45) is 0 Å². The van der Waals surface area contributed by atoms with Crippen molar-refractivity contribution in [3.05, 3.63) is 81.6 Å². The van der Waals surface area contributed by atoms with Crippen LogP contribution in [0, 0.1) is 0 Å². The highest BCUT2D eigenvalue weighted by atomic mass is 35.5. The number of hydrogen-bond donors (Lipinski definition) is 1. The molecule has 0 spiro atoms. The first kappa shape index (κ1) is 16.5. The first-order valence-electron chi connectivity index (χ1n) is 8.36. The van der Waals surface area contributed by atoms with Crippen molar-refractivity contribution in [2.75, 3.05) is 5.32 Å². The minimum absolute atomic E-state index is 0.224. The van der Waals surface area contributed by atoms with E-state index >= 15 is 0 Å². The fraction of sp³-hybridized carbons (Fsp3) is 0.150. The number of aryl methyl sites for hydroxylation is 1. The molecule has 4 rings (SSSR count). The second kappa shape index (κ2) is 6.77. The topological polar surface area (TPSA) is 64.0 Å². The fourth-order valence-corrected chi connectivity index (χ4v) is 3.28. The van der Waals surface area contributed by atoms with Crippen molar-refractivity contribution in [2.45, 2.75) is 18.9 Å². The molecular formula is C20H16ClN3O2. The number of halogens is 1. The summed E-state index contributed by atoms with van der Waals surface area (Å²) in [6.07, 6.45) is 1.21. The van der Waals surface area contributed by atoms with Gasteiger partial charge in [0.25, 0.3) is 5.56 Å². The lowest BCUT2D eigenvalue weighted by Crippen LogP contribution is -2.34. The average Bonchev–Trinajstić information content (AvgIpc) is 2.81. The number of hydrogen-bond acceptors (Lipinski definition) is 3. The van der Waals surface area contributed by atoms with E-state index in [1.807, 2.05) is 36.4 Å². The van der Waals surface area contributed by atoms with Gasteiger partial charge in [-0.15, -0.1) is 0 Å². The predicted molar refractivity (Wildman–Crippen MR) is 101 cm³/mol. The monoisotopic (exact) mass is 365 g/mol. The maximum atomic E-state index is 12.7. The second-order valence-corrected chi connectivity index (χ2v) is 6.65. The highest BCUT2D eigenvalue weighted by molar-refractivity contribution is 6.30. The van der Waals surface area contributed by atoms with Gasteiger partial charge >= 0.3 is 0 Å². The summed E-state index contributed by atoms with van der Waals surface area (Å²) in [6, 6.07) is 17.3. The molecule has 6 heteroatoms. The van der Waals surface area contributed by atoms with Crippen LogP contribution in [0.15, 0.2) is 65.5 Å². The van der Waals surface area contributed by atoms with E-state index in [9.17, 15) is 9.59 Å². The van der Waals surface area contributed by atoms with E-state index in [0.29, 0.717) is 23.6 Å². The fourth-order valence-electron chi connectivity index (χ4n) is 3.16. The number of nitrogens with zero attached hydrogens (tertiary/aromatic N) is 2. The summed E-state index contributed by atoms with van der Waals surface area (Å²) in [7, 11) is 0. The summed E-state index contributed by atoms with van der Waals surface area (Å²) in [5.74, 6) is -0.224. The molecule has 1 aliphatic heterocycles. The van der Waals surface area contributed by atoms with E-state index in [2.05, 4.69) is 10.4 Å². The van der Waals surface area contributed by atoms with Crippen molar-refractivity contribution in [3.8, 4) is 11.3 Å². The Hall–Kier alpha value is -2.92. The van der Waals surface area contributed by atoms with Gasteiger partial charge in [-0.2, -0.15) is 5.10 Å². The molecular weight excluding hydrogens is 350 g/mol. The van der Waals surface area contributed by atoms with Crippen LogP contribution >= 0.6 is 11.6 Å². The maximum absolute atomic E-state index is 12.7. The molecule has 1 N–H and O–H groups in total. The number of amides is 1. The number of carbonyl (C=O) groups excluding carboxylic acids is 1. The highest BCUT2D eigenvalue weighted by Crippen LogP contribution is 2.26. The second-order valence-electron chi connectivity index (χ2n) is 6.21. The van der Waals surface area contributed by atoms with Gasteiger partial charge in [0.05, 0.1) is 5.69 Å². The Labute approximate surface area is 155 Å². The van der Waals surface area contributed by atoms with E-state index in [-0.39, 0.29) is 11.5 Å². The lowest BCUT2D eigenvalue weighted by molar-refractivity contribution is -0.119. The highest BCUT2D eigenvalue weighted by Gasteiger charge is 2.26. The first-order valence-corrected chi connectivity index (χ1v) is 8.74. The van der Waals surface area contributed by atoms with Crippen molar-refractivity contribution < 1.29 is 4.79 Å². The van der Waals surface area contributed by atoms with Crippen molar-refractivity contribution in [1.29, 1.82) is 0 Å². The molecule has 0 radical (unpaired) electrons. The zero-order valence-electron chi connectivity index (χ0n) is 13.9. The van der Waals surface area contributed by atoms with Gasteiger partial charge in [0, 0.05) is 22.3 Å². The molecule has 3 aromatic rings. The van der Waals surface area contributed by atoms with Crippen LogP contribution in [0.3, 0.4) is 0 Å². The lowest BCUT2D eigenvalue weighted by Gasteiger charge is -2.16. The number of aromatic nitrogens is 2. The molecule has 2 heterocycles. The van der Waals surface area contributed by atoms with E-state index in [1.165, 1.54) is 10.7 Å². The molecule has 0 aliphatic carbocycles. The molecule has 130 valence electrons. The van der Waals surface area contributed by atoms with E-state index in [4.69, 9.17) is 11.6 Å². The quantitative estimate of drug-likeness (QED) is 0.753. The van der Waals surface area contributed by atoms with Gasteiger partial charge < -0.3 is 5.32 Å². The van der Waals surface area contributed by atoms with Crippen LogP contribution in [0.4, 0.5) is 5.69 Å². The molecule has 1 atom stereocenters. The average molecular weight is 366 g/mol. The third-order valence-corrected chi connectivity index (χ3v) is 4.78. The Balaban J connectivity index is 1.71. The number of rotatable bonds is 2. The van der Waals surface area contributed by atoms with Crippen molar-refractivity contribution in [1.82, 2.24) is 9.78 Å². The van der Waals surface area contributed by atoms with Crippen LogP contribution in [0.2, 0.25) is 5.02 Å². The zero-order chi connectivity index (χ0) is 18.1. The predicted octanol–water partition coefficient (Wildman–Crippen LogP) is 3.69. The molecule has 0 bridgehead atoms. The van der Waals surface area contributed by atoms with Gasteiger partial charge in [0.15, 0.2) is 0 Å². The van der Waals surface area contributed by atoms with Crippen molar-refractivity contribution in [3.63, 3.8) is 0 Å². The van der Waals surface area contributed by atoms with Gasteiger partial charge in [-0.3, -0.25) is 9.59 Å². The lowest BCUT2D eigenvalue weighted by atomic mass is 10.1. The van der Waals surface area contributed by atoms with Gasteiger partial charge in [-0.05, 0) is 42.7 Å². The van der Waals surface area contributed by atoms with Gasteiger partial charge in [-0.25, -0.2) is 4.68 Å². The third kappa shape index (κ3) is 3.13. The normalized spacial score (nSPS) is 16.5. The van der Waals surface area contributed by atoms with Crippen molar-refractivity contribution >= 4 is 23.2 Å². The number of para-hydroxylation sites is 1. The van der Waals surface area contributed by atoms with Crippen LogP contribution in [-0.4, -0.2) is 15.7 Å². The molecule has 5 nitrogen and oxygen atoms in total. The van der Waals surface area contributed by atoms with E-state index in [1.54, 1.807) is 18.2 Å². The number of fused-ring (bicyclic) bond motifs is 1. The number of benzene rings is 2. The Kier molecular flexibility index (Phi) is 4.31. The molecule has 2 aromatic carbocycles. The molecule has 0 fully saturated rings. The van der Waals surface area contributed by atoms with Gasteiger partial charge in [0.2, 0.25) is 5.91 Å². The summed E-state index contributed by atoms with van der Waals surface area (Å²) in [6.45, 7) is 0. The van der Waals surface area contributed by atoms with Crippen LogP contribution in [0.5, 0.6) is 0 Å². The summed E-state index contributed by atoms with van der Waals surface area (Å²) in [4.78, 5) is 25.1. The standard InChI is InChI=1S/C20H16ClN3O2/c21-15-8-5-14(6-9-15)17-10-12-19(25)24(23-17)18-11-7-13-3-1-2-4-16(13)22-20(18)26/h1-6,8-10,12,18H,7,11H2,(H,22,26)/t18-/m0/s1. The molecule has 1 aromatic heterocycles. The van der Waals surface area contributed by atoms with Crippen LogP contribution in [0.25, 0.3) is 11.3 Å². The number of nitrogens with one attached hydrogen (secondary N) is 1. The van der Waals surface area contributed by atoms with Crippen LogP contribution in [0.1, 0.15) is 18.0 Å². The summed E-state index contributed by atoms with van der Waals surface area (Å²) in [5.41, 5.74) is 3.01. The molecule has 0 unspecified atom stereocenters. The SMILES string of the molecule is O=C1Nc2ccccc2CC[C@@H]1n1nc(-c2ccc(Cl)cc2)ccc1=O. The Bertz CT molecular complexity index is 1030. The number of carbonyl (C=O) groups is 1. The molecule has 1 amide bonds. The van der Waals surface area contributed by atoms with Gasteiger partial charge in [0.1, 0.15) is 6.04 Å². The Morgan fingerprint density at radius 1 is 1.00 bits per heavy atom. The molecule has 0 saturated carbocycles. The molecule has 1 aliphatic rings.